The molecule has 3 amide bonds. The van der Waals surface area contributed by atoms with Gasteiger partial charge in [0.05, 0.1) is 0 Å². The Kier molecular flexibility index (Phi) is 5.03. The molecule has 0 bridgehead atoms. The molecule has 24 heavy (non-hydrogen) atoms. The summed E-state index contributed by atoms with van der Waals surface area (Å²) in [4.78, 5) is 26.0. The van der Waals surface area contributed by atoms with Gasteiger partial charge in [0.2, 0.25) is 5.91 Å². The number of benzene rings is 1. The summed E-state index contributed by atoms with van der Waals surface area (Å²) in [7, 11) is 0. The maximum absolute atomic E-state index is 12.4. The zero-order valence-electron chi connectivity index (χ0n) is 13.6. The van der Waals surface area contributed by atoms with Crippen LogP contribution in [0.15, 0.2) is 30.3 Å². The van der Waals surface area contributed by atoms with E-state index < -0.39 is 6.04 Å². The van der Waals surface area contributed by atoms with Gasteiger partial charge in [-0.05, 0) is 49.0 Å². The summed E-state index contributed by atoms with van der Waals surface area (Å²) < 4.78 is 0. The number of phenols is 1. The van der Waals surface area contributed by atoms with Gasteiger partial charge in [-0.1, -0.05) is 18.2 Å². The molecule has 2 aliphatic rings. The average molecular weight is 329 g/mol. The Balaban J connectivity index is 1.58. The number of rotatable bonds is 2. The first-order chi connectivity index (χ1) is 11.6. The van der Waals surface area contributed by atoms with Gasteiger partial charge in [0.1, 0.15) is 11.8 Å². The third-order valence-electron chi connectivity index (χ3n) is 4.57. The molecule has 1 unspecified atom stereocenters. The van der Waals surface area contributed by atoms with Crippen LogP contribution in [-0.2, 0) is 4.79 Å². The van der Waals surface area contributed by atoms with Gasteiger partial charge in [0.25, 0.3) is 0 Å². The van der Waals surface area contributed by atoms with Crippen LogP contribution in [0.3, 0.4) is 0 Å². The lowest BCUT2D eigenvalue weighted by atomic mass is 9.99. The van der Waals surface area contributed by atoms with Gasteiger partial charge in [-0.15, -0.1) is 0 Å². The molecule has 0 aromatic heterocycles. The van der Waals surface area contributed by atoms with Crippen molar-refractivity contribution in [2.24, 2.45) is 0 Å². The molecule has 6 nitrogen and oxygen atoms in total. The van der Waals surface area contributed by atoms with Crippen LogP contribution in [-0.4, -0.2) is 47.6 Å². The molecule has 3 rings (SSSR count). The molecule has 0 radical (unpaired) electrons. The van der Waals surface area contributed by atoms with Crippen molar-refractivity contribution in [3.05, 3.63) is 35.9 Å². The number of hydrogen-bond acceptors (Lipinski definition) is 3. The highest BCUT2D eigenvalue weighted by Gasteiger charge is 2.25. The van der Waals surface area contributed by atoms with Crippen LogP contribution < -0.4 is 10.6 Å². The van der Waals surface area contributed by atoms with Crippen LogP contribution >= 0.6 is 0 Å². The minimum atomic E-state index is -0.428. The summed E-state index contributed by atoms with van der Waals surface area (Å²) in [6.45, 7) is 1.83. The minimum absolute atomic E-state index is 0.0850. The van der Waals surface area contributed by atoms with Crippen LogP contribution in [0.2, 0.25) is 0 Å². The molecule has 1 aromatic carbocycles. The number of aromatic hydroxyl groups is 1. The fourth-order valence-corrected chi connectivity index (χ4v) is 3.11. The number of urea groups is 1. The molecule has 0 aliphatic carbocycles. The standard InChI is InChI=1S/C18H23N3O3/c22-15-6-4-13(5-7-15)14-8-11-21(12-9-14)18(24)20-16-3-1-2-10-19-17(16)23/h4-8,16,22H,1-3,9-12H2,(H,19,23)(H,20,24). The number of amides is 3. The lowest BCUT2D eigenvalue weighted by molar-refractivity contribution is -0.122. The number of nitrogens with zero attached hydrogens (tertiary/aromatic N) is 1. The van der Waals surface area contributed by atoms with Crippen LogP contribution in [0.5, 0.6) is 5.75 Å². The smallest absolute Gasteiger partial charge is 0.318 e. The summed E-state index contributed by atoms with van der Waals surface area (Å²) in [6.07, 6.45) is 5.38. The molecule has 2 aliphatic heterocycles. The van der Waals surface area contributed by atoms with E-state index in [1.165, 1.54) is 5.57 Å². The van der Waals surface area contributed by atoms with Crippen LogP contribution in [0, 0.1) is 0 Å². The molecule has 1 saturated heterocycles. The summed E-state index contributed by atoms with van der Waals surface area (Å²) >= 11 is 0. The van der Waals surface area contributed by atoms with E-state index in [0.717, 1.165) is 24.8 Å². The van der Waals surface area contributed by atoms with Crippen molar-refractivity contribution in [2.45, 2.75) is 31.7 Å². The third kappa shape index (κ3) is 3.88. The Bertz CT molecular complexity index is 639. The number of carbonyl (C=O) groups excluding carboxylic acids is 2. The first kappa shape index (κ1) is 16.4. The second kappa shape index (κ2) is 7.38. The molecule has 1 fully saturated rings. The zero-order chi connectivity index (χ0) is 16.9. The summed E-state index contributed by atoms with van der Waals surface area (Å²) in [5, 5.41) is 15.0. The summed E-state index contributed by atoms with van der Waals surface area (Å²) in [5.74, 6) is 0.163. The molecule has 1 aromatic rings. The fourth-order valence-electron chi connectivity index (χ4n) is 3.11. The van der Waals surface area contributed by atoms with E-state index in [4.69, 9.17) is 0 Å². The van der Waals surface area contributed by atoms with E-state index >= 15 is 0 Å². The highest BCUT2D eigenvalue weighted by molar-refractivity contribution is 5.87. The van der Waals surface area contributed by atoms with Crippen molar-refractivity contribution in [1.82, 2.24) is 15.5 Å². The second-order valence-corrected chi connectivity index (χ2v) is 6.26. The molecule has 3 N–H and O–H groups in total. The van der Waals surface area contributed by atoms with Gasteiger partial charge < -0.3 is 20.6 Å². The predicted octanol–water partition coefficient (Wildman–Crippen LogP) is 1.86. The van der Waals surface area contributed by atoms with Crippen molar-refractivity contribution >= 4 is 17.5 Å². The largest absolute Gasteiger partial charge is 0.508 e. The number of phenolic OH excluding ortho intramolecular Hbond substituents is 1. The monoisotopic (exact) mass is 329 g/mol. The molecule has 128 valence electrons. The Labute approximate surface area is 141 Å². The Hall–Kier alpha value is -2.50. The SMILES string of the molecule is O=C1NCCCCC1NC(=O)N1CC=C(c2ccc(O)cc2)CC1. The summed E-state index contributed by atoms with van der Waals surface area (Å²) in [6, 6.07) is 6.49. The van der Waals surface area contributed by atoms with Crippen LogP contribution in [0.25, 0.3) is 5.57 Å². The van der Waals surface area contributed by atoms with E-state index in [2.05, 4.69) is 10.6 Å². The molecule has 1 atom stereocenters. The summed E-state index contributed by atoms with van der Waals surface area (Å²) in [5.41, 5.74) is 2.24. The fraction of sp³-hybridized carbons (Fsp3) is 0.444. The van der Waals surface area contributed by atoms with Gasteiger partial charge in [-0.2, -0.15) is 0 Å². The maximum atomic E-state index is 12.4. The first-order valence-electron chi connectivity index (χ1n) is 8.45. The van der Waals surface area contributed by atoms with Crippen LogP contribution in [0.1, 0.15) is 31.2 Å². The van der Waals surface area contributed by atoms with E-state index in [1.807, 2.05) is 18.2 Å². The predicted molar refractivity (Wildman–Crippen MR) is 91.5 cm³/mol. The van der Waals surface area contributed by atoms with Crippen molar-refractivity contribution in [1.29, 1.82) is 0 Å². The zero-order valence-corrected chi connectivity index (χ0v) is 13.6. The van der Waals surface area contributed by atoms with Crippen molar-refractivity contribution < 1.29 is 14.7 Å². The van der Waals surface area contributed by atoms with E-state index in [1.54, 1.807) is 17.0 Å². The van der Waals surface area contributed by atoms with Gasteiger partial charge in [-0.25, -0.2) is 4.79 Å². The highest BCUT2D eigenvalue weighted by atomic mass is 16.3. The topological polar surface area (TPSA) is 81.7 Å². The lowest BCUT2D eigenvalue weighted by Crippen LogP contribution is -2.51. The normalized spacial score (nSPS) is 21.5. The van der Waals surface area contributed by atoms with Crippen molar-refractivity contribution in [3.63, 3.8) is 0 Å². The van der Waals surface area contributed by atoms with Crippen LogP contribution in [0.4, 0.5) is 4.79 Å². The van der Waals surface area contributed by atoms with E-state index in [-0.39, 0.29) is 17.7 Å². The van der Waals surface area contributed by atoms with E-state index in [9.17, 15) is 14.7 Å². The molecule has 2 heterocycles. The van der Waals surface area contributed by atoms with Gasteiger partial charge >= 0.3 is 6.03 Å². The molecular weight excluding hydrogens is 306 g/mol. The number of nitrogens with one attached hydrogen (secondary N) is 2. The Morgan fingerprint density at radius 3 is 2.75 bits per heavy atom. The van der Waals surface area contributed by atoms with Gasteiger partial charge in [-0.3, -0.25) is 4.79 Å². The second-order valence-electron chi connectivity index (χ2n) is 6.26. The lowest BCUT2D eigenvalue weighted by Gasteiger charge is -2.28. The van der Waals surface area contributed by atoms with Crippen molar-refractivity contribution in [3.8, 4) is 5.75 Å². The third-order valence-corrected chi connectivity index (χ3v) is 4.57. The molecule has 0 spiro atoms. The molecule has 6 heteroatoms. The maximum Gasteiger partial charge on any atom is 0.318 e. The highest BCUT2D eigenvalue weighted by Crippen LogP contribution is 2.24. The number of carbonyl (C=O) groups is 2. The van der Waals surface area contributed by atoms with E-state index in [0.29, 0.717) is 26.1 Å². The minimum Gasteiger partial charge on any atom is -0.508 e. The Morgan fingerprint density at radius 2 is 2.04 bits per heavy atom. The Morgan fingerprint density at radius 1 is 1.25 bits per heavy atom. The van der Waals surface area contributed by atoms with Crippen molar-refractivity contribution in [2.75, 3.05) is 19.6 Å². The van der Waals surface area contributed by atoms with Gasteiger partial charge in [0, 0.05) is 19.6 Å². The molecular formula is C18H23N3O3. The average Bonchev–Trinajstić information content (AvgIpc) is 2.80. The quantitative estimate of drug-likeness (QED) is 0.774. The van der Waals surface area contributed by atoms with Gasteiger partial charge in [0.15, 0.2) is 0 Å². The molecule has 0 saturated carbocycles. The number of hydrogen-bond donors (Lipinski definition) is 3. The first-order valence-corrected chi connectivity index (χ1v) is 8.45.